The Morgan fingerprint density at radius 3 is 2.20 bits per heavy atom. The Morgan fingerprint density at radius 1 is 1.03 bits per heavy atom. The van der Waals surface area contributed by atoms with Gasteiger partial charge in [-0.25, -0.2) is 0 Å². The van der Waals surface area contributed by atoms with E-state index in [0.29, 0.717) is 18.3 Å². The third kappa shape index (κ3) is 3.91. The zero-order valence-corrected chi connectivity index (χ0v) is 17.9. The van der Waals surface area contributed by atoms with E-state index in [9.17, 15) is 15.0 Å². The van der Waals surface area contributed by atoms with E-state index in [2.05, 4.69) is 4.90 Å². The third-order valence-electron chi connectivity index (χ3n) is 7.43. The van der Waals surface area contributed by atoms with Crippen LogP contribution in [0.15, 0.2) is 60.7 Å². The first-order valence-electron chi connectivity index (χ1n) is 11.1. The van der Waals surface area contributed by atoms with Gasteiger partial charge in [0.2, 0.25) is 0 Å². The molecule has 2 aromatic rings. The van der Waals surface area contributed by atoms with Crippen molar-refractivity contribution in [2.24, 2.45) is 17.8 Å². The highest BCUT2D eigenvalue weighted by atomic mass is 16.4. The molecular formula is C26H33NO3. The van der Waals surface area contributed by atoms with Gasteiger partial charge in [0.15, 0.2) is 0 Å². The first-order chi connectivity index (χ1) is 14.4. The van der Waals surface area contributed by atoms with E-state index in [1.807, 2.05) is 74.8 Å². The quantitative estimate of drug-likeness (QED) is 0.716. The van der Waals surface area contributed by atoms with Gasteiger partial charge in [-0.2, -0.15) is 0 Å². The largest absolute Gasteiger partial charge is 0.481 e. The van der Waals surface area contributed by atoms with Crippen LogP contribution in [0.25, 0.3) is 0 Å². The molecule has 0 aliphatic heterocycles. The van der Waals surface area contributed by atoms with Gasteiger partial charge in [-0.1, -0.05) is 67.1 Å². The summed E-state index contributed by atoms with van der Waals surface area (Å²) in [5.74, 6) is -1.16. The Bertz CT molecular complexity index is 853. The van der Waals surface area contributed by atoms with Crippen molar-refractivity contribution in [3.63, 3.8) is 0 Å². The van der Waals surface area contributed by atoms with E-state index < -0.39 is 23.4 Å². The Morgan fingerprint density at radius 2 is 1.63 bits per heavy atom. The molecule has 2 aliphatic rings. The number of aliphatic hydroxyl groups is 1. The molecular weight excluding hydrogens is 374 g/mol. The fraction of sp³-hybridized carbons (Fsp3) is 0.500. The summed E-state index contributed by atoms with van der Waals surface area (Å²) in [6.07, 6.45) is 4.11. The molecule has 0 amide bonds. The lowest BCUT2D eigenvalue weighted by Crippen LogP contribution is -2.55. The van der Waals surface area contributed by atoms with Gasteiger partial charge in [0.05, 0.1) is 11.5 Å². The number of aliphatic carboxylic acids is 1. The Labute approximate surface area is 179 Å². The summed E-state index contributed by atoms with van der Waals surface area (Å²) in [7, 11) is 4.09. The van der Waals surface area contributed by atoms with Gasteiger partial charge in [0, 0.05) is 18.4 Å². The molecule has 6 atom stereocenters. The number of benzene rings is 2. The monoisotopic (exact) mass is 407 g/mol. The second-order valence-corrected chi connectivity index (χ2v) is 9.62. The molecule has 2 aromatic carbocycles. The second kappa shape index (κ2) is 8.52. The van der Waals surface area contributed by atoms with Gasteiger partial charge in [-0.05, 0) is 56.3 Å². The van der Waals surface area contributed by atoms with Crippen molar-refractivity contribution in [2.75, 3.05) is 20.6 Å². The molecule has 2 saturated carbocycles. The summed E-state index contributed by atoms with van der Waals surface area (Å²) in [5, 5.41) is 22.9. The fourth-order valence-corrected chi connectivity index (χ4v) is 6.31. The SMILES string of the molecule is CN(C)C[C@@H]1[C@@H]2CC[C@H](C2)C[C@]1(O)C(c1ccccc1)[C@H](C(=O)O)c1ccccc1. The molecule has 2 fully saturated rings. The minimum absolute atomic E-state index is 0.0574. The first-order valence-corrected chi connectivity index (χ1v) is 11.1. The predicted molar refractivity (Wildman–Crippen MR) is 118 cm³/mol. The maximum Gasteiger partial charge on any atom is 0.311 e. The summed E-state index contributed by atoms with van der Waals surface area (Å²) in [6, 6.07) is 19.3. The zero-order valence-electron chi connectivity index (χ0n) is 17.9. The van der Waals surface area contributed by atoms with Crippen LogP contribution in [0.5, 0.6) is 0 Å². The molecule has 30 heavy (non-hydrogen) atoms. The van der Waals surface area contributed by atoms with Crippen LogP contribution in [-0.2, 0) is 4.79 Å². The summed E-state index contributed by atoms with van der Waals surface area (Å²) in [4.78, 5) is 14.8. The molecule has 4 rings (SSSR count). The van der Waals surface area contributed by atoms with Gasteiger partial charge in [-0.15, -0.1) is 0 Å². The van der Waals surface area contributed by atoms with Crippen LogP contribution in [0.4, 0.5) is 0 Å². The molecule has 4 nitrogen and oxygen atoms in total. The smallest absolute Gasteiger partial charge is 0.311 e. The molecule has 1 unspecified atom stereocenters. The van der Waals surface area contributed by atoms with Crippen LogP contribution >= 0.6 is 0 Å². The second-order valence-electron chi connectivity index (χ2n) is 9.62. The van der Waals surface area contributed by atoms with Gasteiger partial charge < -0.3 is 15.1 Å². The van der Waals surface area contributed by atoms with Crippen molar-refractivity contribution in [3.8, 4) is 0 Å². The van der Waals surface area contributed by atoms with Gasteiger partial charge in [0.25, 0.3) is 0 Å². The lowest BCUT2D eigenvalue weighted by molar-refractivity contribution is -0.147. The summed E-state index contributed by atoms with van der Waals surface area (Å²) in [6.45, 7) is 0.776. The number of carboxylic acids is 1. The molecule has 4 heteroatoms. The Hall–Kier alpha value is -2.17. The molecule has 0 aromatic heterocycles. The highest BCUT2D eigenvalue weighted by Gasteiger charge is 2.57. The van der Waals surface area contributed by atoms with E-state index in [0.717, 1.165) is 36.9 Å². The van der Waals surface area contributed by atoms with Crippen LogP contribution in [0.3, 0.4) is 0 Å². The van der Waals surface area contributed by atoms with E-state index in [1.165, 1.54) is 0 Å². The minimum Gasteiger partial charge on any atom is -0.481 e. The lowest BCUT2D eigenvalue weighted by atomic mass is 9.58. The molecule has 0 radical (unpaired) electrons. The van der Waals surface area contributed by atoms with Crippen molar-refractivity contribution in [1.29, 1.82) is 0 Å². The molecule has 0 spiro atoms. The topological polar surface area (TPSA) is 60.8 Å². The van der Waals surface area contributed by atoms with Gasteiger partial charge in [0.1, 0.15) is 0 Å². The van der Waals surface area contributed by atoms with Crippen molar-refractivity contribution < 1.29 is 15.0 Å². The fourth-order valence-electron chi connectivity index (χ4n) is 6.31. The number of carbonyl (C=O) groups is 1. The Balaban J connectivity index is 1.87. The molecule has 2 N–H and O–H groups in total. The minimum atomic E-state index is -1.06. The van der Waals surface area contributed by atoms with Crippen LogP contribution in [0.2, 0.25) is 0 Å². The number of rotatable bonds is 7. The van der Waals surface area contributed by atoms with Crippen LogP contribution in [-0.4, -0.2) is 47.3 Å². The van der Waals surface area contributed by atoms with E-state index in [-0.39, 0.29) is 5.92 Å². The zero-order chi connectivity index (χ0) is 21.3. The summed E-state index contributed by atoms with van der Waals surface area (Å²) >= 11 is 0. The number of hydrogen-bond donors (Lipinski definition) is 2. The third-order valence-corrected chi connectivity index (χ3v) is 7.43. The number of fused-ring (bicyclic) bond motifs is 2. The maximum atomic E-state index is 12.7. The van der Waals surface area contributed by atoms with Crippen molar-refractivity contribution in [1.82, 2.24) is 4.90 Å². The molecule has 2 bridgehead atoms. The number of hydrogen-bond acceptors (Lipinski definition) is 3. The van der Waals surface area contributed by atoms with Crippen molar-refractivity contribution in [3.05, 3.63) is 71.8 Å². The Kier molecular flexibility index (Phi) is 5.99. The van der Waals surface area contributed by atoms with Gasteiger partial charge in [-0.3, -0.25) is 4.79 Å². The van der Waals surface area contributed by atoms with E-state index >= 15 is 0 Å². The summed E-state index contributed by atoms with van der Waals surface area (Å²) < 4.78 is 0. The predicted octanol–water partition coefficient (Wildman–Crippen LogP) is 4.37. The average molecular weight is 408 g/mol. The standard InChI is InChI=1S/C26H33NO3/c1-27(2)17-22-21-14-13-18(15-21)16-26(22,30)24(20-11-7-4-8-12-20)23(25(28)29)19-9-5-3-6-10-19/h3-12,18,21-24,30H,13-17H2,1-2H3,(H,28,29)/t18-,21-,22-,23-,24?,26-/m1/s1. The average Bonchev–Trinajstić information content (AvgIpc) is 3.13. The van der Waals surface area contributed by atoms with Crippen molar-refractivity contribution in [2.45, 2.75) is 43.1 Å². The van der Waals surface area contributed by atoms with E-state index in [1.54, 1.807) is 0 Å². The lowest BCUT2D eigenvalue weighted by Gasteiger charge is -2.51. The molecule has 2 aliphatic carbocycles. The maximum absolute atomic E-state index is 12.7. The normalized spacial score (nSPS) is 30.2. The highest BCUT2D eigenvalue weighted by molar-refractivity contribution is 5.78. The number of nitrogens with zero attached hydrogens (tertiary/aromatic N) is 1. The molecule has 0 heterocycles. The van der Waals surface area contributed by atoms with Crippen LogP contribution in [0, 0.1) is 17.8 Å². The number of carboxylic acid groups (broad SMARTS) is 1. The molecule has 0 saturated heterocycles. The van der Waals surface area contributed by atoms with Crippen LogP contribution in [0.1, 0.15) is 48.6 Å². The first kappa shape index (κ1) is 21.1. The van der Waals surface area contributed by atoms with Crippen LogP contribution < -0.4 is 0 Å². The van der Waals surface area contributed by atoms with Crippen molar-refractivity contribution >= 4 is 5.97 Å². The molecule has 160 valence electrons. The highest BCUT2D eigenvalue weighted by Crippen LogP contribution is 2.57. The van der Waals surface area contributed by atoms with E-state index in [4.69, 9.17) is 0 Å². The van der Waals surface area contributed by atoms with Gasteiger partial charge >= 0.3 is 5.97 Å². The summed E-state index contributed by atoms with van der Waals surface area (Å²) in [5.41, 5.74) is 0.615.